The molecule has 0 fully saturated rings. The van der Waals surface area contributed by atoms with E-state index in [1.54, 1.807) is 0 Å². The Kier molecular flexibility index (Phi) is 3.78. The van der Waals surface area contributed by atoms with Crippen molar-refractivity contribution in [2.24, 2.45) is 0 Å². The fraction of sp³-hybridized carbons (Fsp3) is 0.250. The van der Waals surface area contributed by atoms with E-state index < -0.39 is 0 Å². The van der Waals surface area contributed by atoms with E-state index in [0.717, 1.165) is 6.42 Å². The molecule has 1 heteroatoms. The Morgan fingerprint density at radius 2 is 2.08 bits per heavy atom. The first-order valence-electron chi connectivity index (χ1n) is 4.41. The number of allylic oxidation sites excluding steroid dienone is 1. The molecule has 0 aliphatic rings. The van der Waals surface area contributed by atoms with Gasteiger partial charge in [0.1, 0.15) is 0 Å². The Morgan fingerprint density at radius 1 is 1.38 bits per heavy atom. The number of nitriles is 1. The molecule has 0 aliphatic heterocycles. The summed E-state index contributed by atoms with van der Waals surface area (Å²) < 4.78 is 0. The molecule has 1 unspecified atom stereocenters. The molecular formula is C12H13N. The molecular weight excluding hydrogens is 158 g/mol. The van der Waals surface area contributed by atoms with Crippen molar-refractivity contribution in [2.45, 2.75) is 18.8 Å². The smallest absolute Gasteiger partial charge is 0.0628 e. The van der Waals surface area contributed by atoms with Gasteiger partial charge in [-0.05, 0) is 12.0 Å². The maximum absolute atomic E-state index is 8.64. The van der Waals surface area contributed by atoms with E-state index in [-0.39, 0.29) is 0 Å². The second-order valence-corrected chi connectivity index (χ2v) is 2.99. The van der Waals surface area contributed by atoms with Crippen molar-refractivity contribution in [3.63, 3.8) is 0 Å². The van der Waals surface area contributed by atoms with E-state index in [4.69, 9.17) is 5.26 Å². The van der Waals surface area contributed by atoms with Crippen LogP contribution >= 0.6 is 0 Å². The molecule has 0 aromatic heterocycles. The van der Waals surface area contributed by atoms with Gasteiger partial charge in [0.25, 0.3) is 0 Å². The lowest BCUT2D eigenvalue weighted by atomic mass is 9.93. The maximum atomic E-state index is 8.64. The first-order chi connectivity index (χ1) is 6.38. The van der Waals surface area contributed by atoms with Gasteiger partial charge in [0.15, 0.2) is 0 Å². The molecule has 0 amide bonds. The second-order valence-electron chi connectivity index (χ2n) is 2.99. The summed E-state index contributed by atoms with van der Waals surface area (Å²) in [5.74, 6) is 0.309. The topological polar surface area (TPSA) is 23.8 Å². The van der Waals surface area contributed by atoms with Crippen molar-refractivity contribution in [1.82, 2.24) is 0 Å². The fourth-order valence-electron chi connectivity index (χ4n) is 1.37. The average molecular weight is 171 g/mol. The van der Waals surface area contributed by atoms with Gasteiger partial charge in [-0.15, -0.1) is 6.58 Å². The van der Waals surface area contributed by atoms with Crippen LogP contribution in [-0.2, 0) is 0 Å². The monoisotopic (exact) mass is 171 g/mol. The van der Waals surface area contributed by atoms with Gasteiger partial charge in [0.05, 0.1) is 6.07 Å². The van der Waals surface area contributed by atoms with Crippen LogP contribution in [0.2, 0.25) is 0 Å². The predicted molar refractivity (Wildman–Crippen MR) is 54.2 cm³/mol. The van der Waals surface area contributed by atoms with Gasteiger partial charge in [0, 0.05) is 12.3 Å². The number of rotatable bonds is 4. The maximum Gasteiger partial charge on any atom is 0.0628 e. The highest BCUT2D eigenvalue weighted by Crippen LogP contribution is 2.22. The molecule has 1 atom stereocenters. The molecule has 0 bridgehead atoms. The third kappa shape index (κ3) is 2.76. The Bertz CT molecular complexity index is 295. The SMILES string of the molecule is C=CCC(CC#N)c1ccccc1. The summed E-state index contributed by atoms with van der Waals surface area (Å²) in [6.45, 7) is 3.70. The van der Waals surface area contributed by atoms with Crippen molar-refractivity contribution in [3.8, 4) is 6.07 Å². The van der Waals surface area contributed by atoms with E-state index in [9.17, 15) is 0 Å². The van der Waals surface area contributed by atoms with E-state index in [1.165, 1.54) is 5.56 Å². The van der Waals surface area contributed by atoms with E-state index >= 15 is 0 Å². The molecule has 13 heavy (non-hydrogen) atoms. The first kappa shape index (κ1) is 9.54. The second kappa shape index (κ2) is 5.16. The summed E-state index contributed by atoms with van der Waals surface area (Å²) in [5.41, 5.74) is 1.23. The van der Waals surface area contributed by atoms with Crippen molar-refractivity contribution >= 4 is 0 Å². The molecule has 1 aromatic carbocycles. The van der Waals surface area contributed by atoms with Crippen LogP contribution in [0.4, 0.5) is 0 Å². The van der Waals surface area contributed by atoms with Crippen molar-refractivity contribution in [3.05, 3.63) is 48.6 Å². The zero-order valence-corrected chi connectivity index (χ0v) is 7.61. The van der Waals surface area contributed by atoms with Gasteiger partial charge in [-0.2, -0.15) is 5.26 Å². The Labute approximate surface area is 79.3 Å². The van der Waals surface area contributed by atoms with Crippen LogP contribution in [0.15, 0.2) is 43.0 Å². The molecule has 1 aromatic rings. The highest BCUT2D eigenvalue weighted by Gasteiger charge is 2.07. The van der Waals surface area contributed by atoms with Gasteiger partial charge in [0.2, 0.25) is 0 Å². The molecule has 0 aliphatic carbocycles. The molecule has 0 radical (unpaired) electrons. The zero-order valence-electron chi connectivity index (χ0n) is 7.61. The largest absolute Gasteiger partial charge is 0.198 e. The van der Waals surface area contributed by atoms with Crippen LogP contribution in [0, 0.1) is 11.3 Å². The first-order valence-corrected chi connectivity index (χ1v) is 4.41. The quantitative estimate of drug-likeness (QED) is 0.638. The van der Waals surface area contributed by atoms with Crippen LogP contribution in [0.3, 0.4) is 0 Å². The molecule has 1 nitrogen and oxygen atoms in total. The normalized spacial score (nSPS) is 11.6. The van der Waals surface area contributed by atoms with Gasteiger partial charge < -0.3 is 0 Å². The van der Waals surface area contributed by atoms with E-state index in [2.05, 4.69) is 24.8 Å². The van der Waals surface area contributed by atoms with Crippen LogP contribution in [0.1, 0.15) is 24.3 Å². The Hall–Kier alpha value is -1.55. The number of benzene rings is 1. The summed E-state index contributed by atoms with van der Waals surface area (Å²) >= 11 is 0. The average Bonchev–Trinajstić information content (AvgIpc) is 2.19. The molecule has 0 N–H and O–H groups in total. The number of hydrogen-bond donors (Lipinski definition) is 0. The highest BCUT2D eigenvalue weighted by atomic mass is 14.2. The minimum atomic E-state index is 0.309. The van der Waals surface area contributed by atoms with Crippen LogP contribution < -0.4 is 0 Å². The van der Waals surface area contributed by atoms with Crippen molar-refractivity contribution in [2.75, 3.05) is 0 Å². The Morgan fingerprint density at radius 3 is 2.62 bits per heavy atom. The Balaban J connectivity index is 2.76. The van der Waals surface area contributed by atoms with Crippen molar-refractivity contribution in [1.29, 1.82) is 5.26 Å². The standard InChI is InChI=1S/C12H13N/c1-2-6-11(9-10-13)12-7-4-3-5-8-12/h2-5,7-8,11H,1,6,9H2. The van der Waals surface area contributed by atoms with Crippen LogP contribution in [0.25, 0.3) is 0 Å². The molecule has 0 saturated carbocycles. The predicted octanol–water partition coefficient (Wildman–Crippen LogP) is 3.26. The lowest BCUT2D eigenvalue weighted by Crippen LogP contribution is -1.95. The van der Waals surface area contributed by atoms with E-state index in [1.807, 2.05) is 24.3 Å². The molecule has 0 spiro atoms. The summed E-state index contributed by atoms with van der Waals surface area (Å²) in [6, 6.07) is 12.3. The fourth-order valence-corrected chi connectivity index (χ4v) is 1.37. The third-order valence-electron chi connectivity index (χ3n) is 2.06. The lowest BCUT2D eigenvalue weighted by molar-refractivity contribution is 0.720. The number of nitrogens with zero attached hydrogens (tertiary/aromatic N) is 1. The minimum absolute atomic E-state index is 0.309. The molecule has 0 saturated heterocycles. The molecule has 1 rings (SSSR count). The summed E-state index contributed by atoms with van der Waals surface area (Å²) in [7, 11) is 0. The van der Waals surface area contributed by atoms with Crippen molar-refractivity contribution < 1.29 is 0 Å². The van der Waals surface area contributed by atoms with Gasteiger partial charge >= 0.3 is 0 Å². The number of hydrogen-bond acceptors (Lipinski definition) is 1. The summed E-state index contributed by atoms with van der Waals surface area (Å²) in [6.07, 6.45) is 3.31. The van der Waals surface area contributed by atoms with Crippen LogP contribution in [-0.4, -0.2) is 0 Å². The van der Waals surface area contributed by atoms with Gasteiger partial charge in [-0.25, -0.2) is 0 Å². The van der Waals surface area contributed by atoms with Gasteiger partial charge in [-0.1, -0.05) is 36.4 Å². The highest BCUT2D eigenvalue weighted by molar-refractivity contribution is 5.21. The van der Waals surface area contributed by atoms with E-state index in [0.29, 0.717) is 12.3 Å². The minimum Gasteiger partial charge on any atom is -0.198 e. The van der Waals surface area contributed by atoms with Crippen LogP contribution in [0.5, 0.6) is 0 Å². The van der Waals surface area contributed by atoms with Gasteiger partial charge in [-0.3, -0.25) is 0 Å². The lowest BCUT2D eigenvalue weighted by Gasteiger charge is -2.10. The molecule has 0 heterocycles. The summed E-state index contributed by atoms with van der Waals surface area (Å²) in [5, 5.41) is 8.64. The third-order valence-corrected chi connectivity index (χ3v) is 2.06. The molecule has 66 valence electrons. The zero-order chi connectivity index (χ0) is 9.52. The summed E-state index contributed by atoms with van der Waals surface area (Å²) in [4.78, 5) is 0.